The molecular formula is C15H17NO3. The molecule has 0 spiro atoms. The van der Waals surface area contributed by atoms with Gasteiger partial charge in [0.2, 0.25) is 0 Å². The minimum absolute atomic E-state index is 0.154. The van der Waals surface area contributed by atoms with Gasteiger partial charge in [-0.1, -0.05) is 50.2 Å². The highest BCUT2D eigenvalue weighted by Gasteiger charge is 2.31. The van der Waals surface area contributed by atoms with E-state index in [1.54, 1.807) is 0 Å². The molecule has 100 valence electrons. The predicted molar refractivity (Wildman–Crippen MR) is 72.3 cm³/mol. The van der Waals surface area contributed by atoms with Gasteiger partial charge in [0, 0.05) is 11.0 Å². The molecule has 2 rings (SSSR count). The third-order valence-electron chi connectivity index (χ3n) is 2.99. The lowest BCUT2D eigenvalue weighted by Gasteiger charge is -2.14. The fourth-order valence-corrected chi connectivity index (χ4v) is 2.02. The Labute approximate surface area is 112 Å². The zero-order valence-corrected chi connectivity index (χ0v) is 11.5. The number of benzene rings is 1. The summed E-state index contributed by atoms with van der Waals surface area (Å²) in [5.74, 6) is -0.609. The van der Waals surface area contributed by atoms with Gasteiger partial charge >= 0.3 is 5.97 Å². The highest BCUT2D eigenvalue weighted by atomic mass is 16.5. The van der Waals surface area contributed by atoms with E-state index < -0.39 is 11.4 Å². The van der Waals surface area contributed by atoms with Crippen molar-refractivity contribution in [3.8, 4) is 11.3 Å². The van der Waals surface area contributed by atoms with Crippen LogP contribution in [-0.4, -0.2) is 16.2 Å². The Morgan fingerprint density at radius 2 is 1.89 bits per heavy atom. The summed E-state index contributed by atoms with van der Waals surface area (Å²) in [6.45, 7) is 7.64. The van der Waals surface area contributed by atoms with Crippen molar-refractivity contribution in [1.29, 1.82) is 0 Å². The van der Waals surface area contributed by atoms with Gasteiger partial charge in [0.25, 0.3) is 0 Å². The van der Waals surface area contributed by atoms with Crippen molar-refractivity contribution in [3.05, 3.63) is 41.2 Å². The molecule has 4 heteroatoms. The van der Waals surface area contributed by atoms with Gasteiger partial charge in [0.05, 0.1) is 0 Å². The number of aromatic carboxylic acids is 1. The molecule has 0 unspecified atom stereocenters. The zero-order valence-electron chi connectivity index (χ0n) is 11.5. The summed E-state index contributed by atoms with van der Waals surface area (Å²) in [5.41, 5.74) is 1.91. The van der Waals surface area contributed by atoms with Crippen molar-refractivity contribution in [2.45, 2.75) is 33.1 Å². The third kappa shape index (κ3) is 2.38. The Balaban J connectivity index is 2.70. The molecule has 4 nitrogen and oxygen atoms in total. The van der Waals surface area contributed by atoms with Crippen LogP contribution in [0.3, 0.4) is 0 Å². The maximum absolute atomic E-state index is 11.5. The molecule has 0 aliphatic carbocycles. The number of hydrogen-bond acceptors (Lipinski definition) is 3. The van der Waals surface area contributed by atoms with Crippen LogP contribution in [0.2, 0.25) is 0 Å². The molecule has 1 N–H and O–H groups in total. The van der Waals surface area contributed by atoms with Crippen LogP contribution >= 0.6 is 0 Å². The summed E-state index contributed by atoms with van der Waals surface area (Å²) in [6.07, 6.45) is 0. The second-order valence-electron chi connectivity index (χ2n) is 5.61. The smallest absolute Gasteiger partial charge is 0.341 e. The molecule has 0 bridgehead atoms. The second-order valence-corrected chi connectivity index (χ2v) is 5.61. The standard InChI is InChI=1S/C15H17NO3/c1-9-7-5-6-8-10(9)12-11(14(17)18)13(19-16-12)15(2,3)4/h5-8H,1-4H3,(H,17,18). The molecule has 2 aromatic rings. The highest BCUT2D eigenvalue weighted by molar-refractivity contribution is 5.96. The van der Waals surface area contributed by atoms with E-state index in [0.29, 0.717) is 11.5 Å². The average molecular weight is 259 g/mol. The monoisotopic (exact) mass is 259 g/mol. The first-order valence-electron chi connectivity index (χ1n) is 6.12. The largest absolute Gasteiger partial charge is 0.477 e. The van der Waals surface area contributed by atoms with Crippen LogP contribution in [0.25, 0.3) is 11.3 Å². The van der Waals surface area contributed by atoms with Crippen LogP contribution in [0, 0.1) is 6.92 Å². The number of hydrogen-bond donors (Lipinski definition) is 1. The minimum Gasteiger partial charge on any atom is -0.477 e. The molecule has 0 atom stereocenters. The summed E-state index contributed by atoms with van der Waals surface area (Å²) >= 11 is 0. The first kappa shape index (κ1) is 13.3. The van der Waals surface area contributed by atoms with Crippen LogP contribution in [-0.2, 0) is 5.41 Å². The zero-order chi connectivity index (χ0) is 14.2. The molecule has 0 radical (unpaired) electrons. The molecule has 0 saturated heterocycles. The maximum atomic E-state index is 11.5. The number of rotatable bonds is 2. The van der Waals surface area contributed by atoms with Gasteiger partial charge in [-0.2, -0.15) is 0 Å². The van der Waals surface area contributed by atoms with Crippen LogP contribution in [0.15, 0.2) is 28.8 Å². The topological polar surface area (TPSA) is 63.3 Å². The van der Waals surface area contributed by atoms with E-state index in [0.717, 1.165) is 11.1 Å². The fourth-order valence-electron chi connectivity index (χ4n) is 2.02. The van der Waals surface area contributed by atoms with E-state index in [1.807, 2.05) is 52.0 Å². The lowest BCUT2D eigenvalue weighted by molar-refractivity contribution is 0.0693. The fraction of sp³-hybridized carbons (Fsp3) is 0.333. The molecule has 0 aliphatic heterocycles. The number of carboxylic acids is 1. The van der Waals surface area contributed by atoms with Crippen molar-refractivity contribution < 1.29 is 14.4 Å². The number of aryl methyl sites for hydroxylation is 1. The molecule has 1 heterocycles. The second kappa shape index (κ2) is 4.53. The van der Waals surface area contributed by atoms with Gasteiger partial charge in [-0.15, -0.1) is 0 Å². The van der Waals surface area contributed by atoms with Crippen molar-refractivity contribution in [1.82, 2.24) is 5.16 Å². The summed E-state index contributed by atoms with van der Waals surface area (Å²) in [6, 6.07) is 7.54. The van der Waals surface area contributed by atoms with Crippen LogP contribution < -0.4 is 0 Å². The Bertz CT molecular complexity index is 621. The van der Waals surface area contributed by atoms with Crippen LogP contribution in [0.5, 0.6) is 0 Å². The number of nitrogens with zero attached hydrogens (tertiary/aromatic N) is 1. The van der Waals surface area contributed by atoms with Crippen molar-refractivity contribution in [3.63, 3.8) is 0 Å². The molecule has 1 aromatic carbocycles. The van der Waals surface area contributed by atoms with E-state index in [1.165, 1.54) is 0 Å². The lowest BCUT2D eigenvalue weighted by atomic mass is 9.88. The number of aromatic nitrogens is 1. The van der Waals surface area contributed by atoms with E-state index in [4.69, 9.17) is 4.52 Å². The normalized spacial score (nSPS) is 11.6. The average Bonchev–Trinajstić information content (AvgIpc) is 2.73. The highest BCUT2D eigenvalue weighted by Crippen LogP contribution is 2.34. The summed E-state index contributed by atoms with van der Waals surface area (Å²) in [5, 5.41) is 13.4. The lowest BCUT2D eigenvalue weighted by Crippen LogP contribution is -2.15. The van der Waals surface area contributed by atoms with Crippen LogP contribution in [0.4, 0.5) is 0 Å². The quantitative estimate of drug-likeness (QED) is 0.894. The summed E-state index contributed by atoms with van der Waals surface area (Å²) in [7, 11) is 0. The number of carbonyl (C=O) groups is 1. The van der Waals surface area contributed by atoms with Gasteiger partial charge in [-0.25, -0.2) is 4.79 Å². The Morgan fingerprint density at radius 3 is 2.42 bits per heavy atom. The molecule has 0 saturated carbocycles. The Kier molecular flexibility index (Phi) is 3.18. The molecule has 19 heavy (non-hydrogen) atoms. The first-order chi connectivity index (χ1) is 8.82. The van der Waals surface area contributed by atoms with Crippen LogP contribution in [0.1, 0.15) is 42.5 Å². The summed E-state index contributed by atoms with van der Waals surface area (Å²) < 4.78 is 5.30. The van der Waals surface area contributed by atoms with E-state index in [-0.39, 0.29) is 5.56 Å². The van der Waals surface area contributed by atoms with Crippen molar-refractivity contribution >= 4 is 5.97 Å². The minimum atomic E-state index is -1.01. The number of carboxylic acid groups (broad SMARTS) is 1. The maximum Gasteiger partial charge on any atom is 0.341 e. The van der Waals surface area contributed by atoms with Gasteiger partial charge < -0.3 is 9.63 Å². The SMILES string of the molecule is Cc1ccccc1-c1noc(C(C)(C)C)c1C(=O)O. The van der Waals surface area contributed by atoms with E-state index in [2.05, 4.69) is 5.16 Å². The van der Waals surface area contributed by atoms with Gasteiger partial charge in [-0.3, -0.25) is 0 Å². The molecular weight excluding hydrogens is 242 g/mol. The van der Waals surface area contributed by atoms with E-state index >= 15 is 0 Å². The van der Waals surface area contributed by atoms with Crippen molar-refractivity contribution in [2.24, 2.45) is 0 Å². The van der Waals surface area contributed by atoms with E-state index in [9.17, 15) is 9.90 Å². The van der Waals surface area contributed by atoms with Gasteiger partial charge in [0.15, 0.2) is 5.76 Å². The molecule has 0 amide bonds. The Morgan fingerprint density at radius 1 is 1.26 bits per heavy atom. The molecule has 1 aromatic heterocycles. The first-order valence-corrected chi connectivity index (χ1v) is 6.12. The molecule has 0 aliphatic rings. The van der Waals surface area contributed by atoms with Gasteiger partial charge in [0.1, 0.15) is 11.3 Å². The summed E-state index contributed by atoms with van der Waals surface area (Å²) in [4.78, 5) is 11.5. The predicted octanol–water partition coefficient (Wildman–Crippen LogP) is 3.65. The third-order valence-corrected chi connectivity index (χ3v) is 2.99. The van der Waals surface area contributed by atoms with Crippen molar-refractivity contribution in [2.75, 3.05) is 0 Å². The van der Waals surface area contributed by atoms with Gasteiger partial charge in [-0.05, 0) is 12.5 Å². The Hall–Kier alpha value is -2.10. The molecule has 0 fully saturated rings.